The molecule has 0 amide bonds. The average Bonchev–Trinajstić information content (AvgIpc) is 2.54. The average molecular weight is 296 g/mol. The number of phenolic OH excluding ortho intramolecular Hbond substituents is 2. The summed E-state index contributed by atoms with van der Waals surface area (Å²) in [7, 11) is 0. The van der Waals surface area contributed by atoms with Crippen molar-refractivity contribution in [3.63, 3.8) is 0 Å². The molecule has 2 aromatic carbocycles. The fourth-order valence-corrected chi connectivity index (χ4v) is 2.70. The molecule has 0 unspecified atom stereocenters. The Hall–Kier alpha value is -2.22. The van der Waals surface area contributed by atoms with Crippen LogP contribution in [-0.2, 0) is 0 Å². The van der Waals surface area contributed by atoms with Crippen LogP contribution in [0.1, 0.15) is 50.7 Å². The smallest absolute Gasteiger partial charge is 0.115 e. The lowest BCUT2D eigenvalue weighted by molar-refractivity contribution is 0.475. The number of hydrogen-bond donors (Lipinski definition) is 2. The van der Waals surface area contributed by atoms with Crippen molar-refractivity contribution in [2.45, 2.75) is 39.5 Å². The van der Waals surface area contributed by atoms with Crippen LogP contribution >= 0.6 is 0 Å². The van der Waals surface area contributed by atoms with Crippen LogP contribution in [0.25, 0.3) is 5.57 Å². The first-order valence-electron chi connectivity index (χ1n) is 7.96. The predicted molar refractivity (Wildman–Crippen MR) is 92.1 cm³/mol. The molecule has 2 aromatic rings. The number of benzene rings is 2. The molecule has 22 heavy (non-hydrogen) atoms. The summed E-state index contributed by atoms with van der Waals surface area (Å²) in [6, 6.07) is 14.7. The first-order chi connectivity index (χ1) is 10.7. The van der Waals surface area contributed by atoms with E-state index in [9.17, 15) is 10.2 Å². The Morgan fingerprint density at radius 1 is 0.773 bits per heavy atom. The molecular formula is C20H24O2. The van der Waals surface area contributed by atoms with Gasteiger partial charge in [0.05, 0.1) is 0 Å². The summed E-state index contributed by atoms with van der Waals surface area (Å²) in [6.07, 6.45) is 4.41. The zero-order valence-corrected chi connectivity index (χ0v) is 13.3. The number of aromatic hydroxyl groups is 2. The lowest BCUT2D eigenvalue weighted by Gasteiger charge is -2.16. The summed E-state index contributed by atoms with van der Waals surface area (Å²) >= 11 is 0. The second-order valence-corrected chi connectivity index (χ2v) is 5.53. The second kappa shape index (κ2) is 7.69. The van der Waals surface area contributed by atoms with Crippen LogP contribution in [0.15, 0.2) is 54.1 Å². The molecule has 0 aliphatic rings. The number of hydrogen-bond acceptors (Lipinski definition) is 2. The molecule has 0 bridgehead atoms. The topological polar surface area (TPSA) is 40.5 Å². The minimum absolute atomic E-state index is 0.278. The Kier molecular flexibility index (Phi) is 5.65. The highest BCUT2D eigenvalue weighted by molar-refractivity contribution is 5.82. The van der Waals surface area contributed by atoms with E-state index in [2.05, 4.69) is 13.8 Å². The molecule has 2 rings (SSSR count). The Morgan fingerprint density at radius 3 is 1.59 bits per heavy atom. The minimum Gasteiger partial charge on any atom is -0.508 e. The van der Waals surface area contributed by atoms with E-state index in [-0.39, 0.29) is 11.5 Å². The van der Waals surface area contributed by atoms with Crippen molar-refractivity contribution in [1.29, 1.82) is 0 Å². The molecule has 2 nitrogen and oxygen atoms in total. The molecule has 0 atom stereocenters. The predicted octanol–water partition coefficient (Wildman–Crippen LogP) is 5.50. The monoisotopic (exact) mass is 296 g/mol. The van der Waals surface area contributed by atoms with Crippen molar-refractivity contribution in [3.8, 4) is 11.5 Å². The van der Waals surface area contributed by atoms with E-state index in [4.69, 9.17) is 0 Å². The zero-order chi connectivity index (χ0) is 15.9. The van der Waals surface area contributed by atoms with Gasteiger partial charge in [-0.2, -0.15) is 0 Å². The van der Waals surface area contributed by atoms with Crippen LogP contribution in [0.5, 0.6) is 11.5 Å². The van der Waals surface area contributed by atoms with Crippen molar-refractivity contribution in [2.24, 2.45) is 0 Å². The Bertz CT molecular complexity index is 574. The molecule has 2 heteroatoms. The quantitative estimate of drug-likeness (QED) is 0.739. The van der Waals surface area contributed by atoms with Gasteiger partial charge in [0.15, 0.2) is 0 Å². The van der Waals surface area contributed by atoms with Gasteiger partial charge >= 0.3 is 0 Å². The van der Waals surface area contributed by atoms with Crippen LogP contribution < -0.4 is 0 Å². The molecule has 0 saturated carbocycles. The van der Waals surface area contributed by atoms with Gasteiger partial charge in [-0.05, 0) is 60.2 Å². The van der Waals surface area contributed by atoms with E-state index in [1.165, 1.54) is 24.0 Å². The molecule has 0 aromatic heterocycles. The van der Waals surface area contributed by atoms with Crippen molar-refractivity contribution in [2.75, 3.05) is 0 Å². The summed E-state index contributed by atoms with van der Waals surface area (Å²) in [5.41, 5.74) is 4.85. The minimum atomic E-state index is 0.278. The fourth-order valence-electron chi connectivity index (χ4n) is 2.70. The lowest BCUT2D eigenvalue weighted by Crippen LogP contribution is -1.95. The van der Waals surface area contributed by atoms with Crippen LogP contribution in [0, 0.1) is 0 Å². The standard InChI is InChI=1S/C20H24O2/c1-3-5-6-15(4-2)20(16-7-11-18(21)12-8-16)17-9-13-19(22)14-10-17/h7-14,21-22H,3-6H2,1-2H3. The van der Waals surface area contributed by atoms with Crippen LogP contribution in [0.4, 0.5) is 0 Å². The number of rotatable bonds is 6. The number of phenols is 2. The summed E-state index contributed by atoms with van der Waals surface area (Å²) in [4.78, 5) is 0. The van der Waals surface area contributed by atoms with Crippen molar-refractivity contribution < 1.29 is 10.2 Å². The number of allylic oxidation sites excluding steroid dienone is 1. The first-order valence-corrected chi connectivity index (χ1v) is 7.96. The maximum Gasteiger partial charge on any atom is 0.115 e. The van der Waals surface area contributed by atoms with Gasteiger partial charge in [0.25, 0.3) is 0 Å². The summed E-state index contributed by atoms with van der Waals surface area (Å²) in [5.74, 6) is 0.556. The summed E-state index contributed by atoms with van der Waals surface area (Å²) in [5, 5.41) is 19.1. The summed E-state index contributed by atoms with van der Waals surface area (Å²) < 4.78 is 0. The Morgan fingerprint density at radius 2 is 1.23 bits per heavy atom. The van der Waals surface area contributed by atoms with Gasteiger partial charge in [-0.25, -0.2) is 0 Å². The van der Waals surface area contributed by atoms with Gasteiger partial charge in [0.1, 0.15) is 11.5 Å². The molecule has 0 radical (unpaired) electrons. The van der Waals surface area contributed by atoms with E-state index in [1.54, 1.807) is 24.3 Å². The maximum atomic E-state index is 9.53. The fraction of sp³-hybridized carbons (Fsp3) is 0.300. The highest BCUT2D eigenvalue weighted by Gasteiger charge is 2.11. The normalized spacial score (nSPS) is 10.5. The van der Waals surface area contributed by atoms with Gasteiger partial charge in [0, 0.05) is 0 Å². The second-order valence-electron chi connectivity index (χ2n) is 5.53. The van der Waals surface area contributed by atoms with Crippen molar-refractivity contribution in [1.82, 2.24) is 0 Å². The highest BCUT2D eigenvalue weighted by Crippen LogP contribution is 2.32. The van der Waals surface area contributed by atoms with Crippen LogP contribution in [-0.4, -0.2) is 10.2 Å². The molecule has 0 saturated heterocycles. The third-order valence-electron chi connectivity index (χ3n) is 3.92. The van der Waals surface area contributed by atoms with E-state index in [1.807, 2.05) is 24.3 Å². The van der Waals surface area contributed by atoms with Crippen LogP contribution in [0.2, 0.25) is 0 Å². The third kappa shape index (κ3) is 3.91. The molecule has 0 aliphatic heterocycles. The van der Waals surface area contributed by atoms with Gasteiger partial charge < -0.3 is 10.2 Å². The largest absolute Gasteiger partial charge is 0.508 e. The molecule has 0 spiro atoms. The molecular weight excluding hydrogens is 272 g/mol. The van der Waals surface area contributed by atoms with E-state index in [0.717, 1.165) is 24.0 Å². The van der Waals surface area contributed by atoms with E-state index < -0.39 is 0 Å². The van der Waals surface area contributed by atoms with Crippen molar-refractivity contribution >= 4 is 5.57 Å². The van der Waals surface area contributed by atoms with Crippen LogP contribution in [0.3, 0.4) is 0 Å². The van der Waals surface area contributed by atoms with Crippen molar-refractivity contribution in [3.05, 3.63) is 65.2 Å². The Balaban J connectivity index is 2.54. The van der Waals surface area contributed by atoms with Gasteiger partial charge in [-0.3, -0.25) is 0 Å². The maximum absolute atomic E-state index is 9.53. The zero-order valence-electron chi connectivity index (χ0n) is 13.3. The SMILES string of the molecule is CCCCC(CC)=C(c1ccc(O)cc1)c1ccc(O)cc1. The third-order valence-corrected chi connectivity index (χ3v) is 3.92. The lowest BCUT2D eigenvalue weighted by atomic mass is 9.89. The molecule has 0 fully saturated rings. The van der Waals surface area contributed by atoms with E-state index in [0.29, 0.717) is 0 Å². The highest BCUT2D eigenvalue weighted by atomic mass is 16.3. The molecule has 116 valence electrons. The molecule has 0 heterocycles. The van der Waals surface area contributed by atoms with Gasteiger partial charge in [0.2, 0.25) is 0 Å². The molecule has 2 N–H and O–H groups in total. The van der Waals surface area contributed by atoms with Gasteiger partial charge in [-0.15, -0.1) is 0 Å². The summed E-state index contributed by atoms with van der Waals surface area (Å²) in [6.45, 7) is 4.39. The molecule has 0 aliphatic carbocycles. The first kappa shape index (κ1) is 16.2. The number of unbranched alkanes of at least 4 members (excludes halogenated alkanes) is 1. The van der Waals surface area contributed by atoms with Gasteiger partial charge in [-0.1, -0.05) is 50.1 Å². The Labute approximate surface area is 132 Å². The van der Waals surface area contributed by atoms with E-state index >= 15 is 0 Å².